The number of rotatable bonds is 5. The van der Waals surface area contributed by atoms with Gasteiger partial charge < -0.3 is 25.0 Å². The number of carboxylic acid groups (broad SMARTS) is 1. The number of nitrogens with zero attached hydrogens (tertiary/aromatic N) is 1. The van der Waals surface area contributed by atoms with Crippen molar-refractivity contribution in [3.8, 4) is 5.75 Å². The Morgan fingerprint density at radius 2 is 1.94 bits per heavy atom. The summed E-state index contributed by atoms with van der Waals surface area (Å²) in [5, 5.41) is 12.3. The highest BCUT2D eigenvalue weighted by atomic mass is 19.4. The third kappa shape index (κ3) is 5.62. The van der Waals surface area contributed by atoms with Crippen LogP contribution >= 0.6 is 0 Å². The molecule has 0 aliphatic carbocycles. The maximum Gasteiger partial charge on any atom is 0.490 e. The second-order valence-electron chi connectivity index (χ2n) is 9.07. The smallest absolute Gasteiger partial charge is 0.490 e. The topological polar surface area (TPSA) is 77.6 Å². The van der Waals surface area contributed by atoms with Gasteiger partial charge in [0.2, 0.25) is 0 Å². The average Bonchev–Trinajstić information content (AvgIpc) is 3.42. The summed E-state index contributed by atoms with van der Waals surface area (Å²) in [7, 11) is 1.74. The number of aliphatic carboxylic acids is 1. The van der Waals surface area contributed by atoms with E-state index in [0.717, 1.165) is 31.7 Å². The first kappa shape index (κ1) is 25.1. The van der Waals surface area contributed by atoms with E-state index in [-0.39, 0.29) is 5.54 Å². The lowest BCUT2D eigenvalue weighted by atomic mass is 9.86. The first-order chi connectivity index (χ1) is 16.7. The zero-order valence-electron chi connectivity index (χ0n) is 19.6. The number of fused-ring (bicyclic) bond motifs is 4. The first-order valence-electron chi connectivity index (χ1n) is 11.7. The summed E-state index contributed by atoms with van der Waals surface area (Å²) in [5.74, 6) is -1.82. The van der Waals surface area contributed by atoms with Gasteiger partial charge in [-0.05, 0) is 61.6 Å². The van der Waals surface area contributed by atoms with Crippen LogP contribution in [-0.4, -0.2) is 60.4 Å². The molecule has 6 nitrogen and oxygen atoms in total. The third-order valence-electron chi connectivity index (χ3n) is 6.80. The molecular weight excluding hydrogens is 459 g/mol. The molecule has 9 heteroatoms. The number of hydrogen-bond donors (Lipinski definition) is 3. The summed E-state index contributed by atoms with van der Waals surface area (Å²) >= 11 is 0. The molecule has 0 saturated carbocycles. The number of alkyl halides is 3. The Labute approximate surface area is 202 Å². The minimum atomic E-state index is -5.08. The predicted octanol–water partition coefficient (Wildman–Crippen LogP) is 4.49. The van der Waals surface area contributed by atoms with Crippen LogP contribution in [0.15, 0.2) is 48.5 Å². The van der Waals surface area contributed by atoms with Crippen molar-refractivity contribution in [2.45, 2.75) is 37.4 Å². The summed E-state index contributed by atoms with van der Waals surface area (Å²) in [6.07, 6.45) is -0.445. The zero-order chi connectivity index (χ0) is 25.1. The van der Waals surface area contributed by atoms with Crippen LogP contribution in [0.25, 0.3) is 10.9 Å². The van der Waals surface area contributed by atoms with E-state index in [0.29, 0.717) is 0 Å². The molecule has 1 unspecified atom stereocenters. The van der Waals surface area contributed by atoms with E-state index in [9.17, 15) is 13.2 Å². The van der Waals surface area contributed by atoms with E-state index in [2.05, 4.69) is 63.7 Å². The number of H-pyrrole nitrogens is 1. The Bertz CT molecular complexity index is 1160. The zero-order valence-corrected chi connectivity index (χ0v) is 19.6. The molecule has 1 fully saturated rings. The minimum absolute atomic E-state index is 0.0760. The van der Waals surface area contributed by atoms with E-state index in [1.54, 1.807) is 7.11 Å². The van der Waals surface area contributed by atoms with Crippen LogP contribution in [0.2, 0.25) is 0 Å². The van der Waals surface area contributed by atoms with E-state index in [4.69, 9.17) is 14.6 Å². The van der Waals surface area contributed by atoms with E-state index >= 15 is 0 Å². The number of methoxy groups -OCH3 is 1. The molecule has 3 aromatic rings. The average molecular weight is 490 g/mol. The highest BCUT2D eigenvalue weighted by Gasteiger charge is 2.43. The van der Waals surface area contributed by atoms with Gasteiger partial charge in [0, 0.05) is 36.2 Å². The number of nitrogens with one attached hydrogen (secondary N) is 2. The largest absolute Gasteiger partial charge is 0.497 e. The SMILES string of the molecule is COc1ccc2[nH]c3c(c2c1)CCNC31CCN(CCCc2ccccc2)C1.O=C(O)C(F)(F)F. The fourth-order valence-electron chi connectivity index (χ4n) is 5.12. The lowest BCUT2D eigenvalue weighted by molar-refractivity contribution is -0.192. The second-order valence-corrected chi connectivity index (χ2v) is 9.07. The van der Waals surface area contributed by atoms with Crippen LogP contribution in [0.4, 0.5) is 13.2 Å². The maximum atomic E-state index is 10.6. The van der Waals surface area contributed by atoms with Crippen molar-refractivity contribution in [1.82, 2.24) is 15.2 Å². The Morgan fingerprint density at radius 1 is 1.20 bits per heavy atom. The van der Waals surface area contributed by atoms with Gasteiger partial charge >= 0.3 is 12.1 Å². The fraction of sp³-hybridized carbons (Fsp3) is 0.423. The Kier molecular flexibility index (Phi) is 7.37. The number of aryl methyl sites for hydroxylation is 1. The highest BCUT2D eigenvalue weighted by Crippen LogP contribution is 2.40. The fourth-order valence-corrected chi connectivity index (χ4v) is 5.12. The number of hydrogen-bond acceptors (Lipinski definition) is 4. The van der Waals surface area contributed by atoms with Crippen molar-refractivity contribution in [2.75, 3.05) is 33.3 Å². The molecule has 1 saturated heterocycles. The number of likely N-dealkylation sites (tertiary alicyclic amines) is 1. The van der Waals surface area contributed by atoms with Crippen LogP contribution in [0.3, 0.4) is 0 Å². The quantitative estimate of drug-likeness (QED) is 0.492. The van der Waals surface area contributed by atoms with Crippen LogP contribution in [0.1, 0.15) is 29.7 Å². The van der Waals surface area contributed by atoms with Gasteiger partial charge in [0.05, 0.1) is 12.6 Å². The summed E-state index contributed by atoms with van der Waals surface area (Å²) in [6.45, 7) is 4.48. The number of aromatic nitrogens is 1. The summed E-state index contributed by atoms with van der Waals surface area (Å²) in [6, 6.07) is 17.2. The molecule has 0 amide bonds. The Hall–Kier alpha value is -3.04. The standard InChI is InChI=1S/C24H29N3O.C2HF3O2/c1-28-19-9-10-22-21(16-19)20-11-13-25-24(23(20)26-22)12-15-27(17-24)14-5-8-18-6-3-2-4-7-18;3-2(4,5)1(6)7/h2-4,6-7,9-10,16,25-26H,5,8,11-15,17H2,1H3;(H,6,7). The molecule has 1 spiro atoms. The third-order valence-corrected chi connectivity index (χ3v) is 6.80. The first-order valence-corrected chi connectivity index (χ1v) is 11.7. The summed E-state index contributed by atoms with van der Waals surface area (Å²) < 4.78 is 37.2. The molecule has 2 aliphatic rings. The number of aromatic amines is 1. The van der Waals surface area contributed by atoms with Crippen molar-refractivity contribution in [2.24, 2.45) is 0 Å². The van der Waals surface area contributed by atoms with Crippen LogP contribution in [0.5, 0.6) is 5.75 Å². The molecule has 188 valence electrons. The van der Waals surface area contributed by atoms with Crippen molar-refractivity contribution in [3.63, 3.8) is 0 Å². The molecule has 35 heavy (non-hydrogen) atoms. The van der Waals surface area contributed by atoms with Gasteiger partial charge in [0.25, 0.3) is 0 Å². The number of carbonyl (C=O) groups is 1. The van der Waals surface area contributed by atoms with E-state index in [1.807, 2.05) is 0 Å². The Balaban J connectivity index is 0.000000364. The van der Waals surface area contributed by atoms with Crippen molar-refractivity contribution in [1.29, 1.82) is 0 Å². The minimum Gasteiger partial charge on any atom is -0.497 e. The van der Waals surface area contributed by atoms with Gasteiger partial charge in [-0.2, -0.15) is 13.2 Å². The van der Waals surface area contributed by atoms with E-state index in [1.165, 1.54) is 53.7 Å². The molecule has 1 atom stereocenters. The van der Waals surface area contributed by atoms with Crippen molar-refractivity contribution in [3.05, 3.63) is 65.4 Å². The summed E-state index contributed by atoms with van der Waals surface area (Å²) in [4.78, 5) is 15.3. The Morgan fingerprint density at radius 3 is 2.63 bits per heavy atom. The molecule has 2 aliphatic heterocycles. The summed E-state index contributed by atoms with van der Waals surface area (Å²) in [5.41, 5.74) is 5.65. The highest BCUT2D eigenvalue weighted by molar-refractivity contribution is 5.87. The molecule has 3 heterocycles. The van der Waals surface area contributed by atoms with E-state index < -0.39 is 12.1 Å². The lowest BCUT2D eigenvalue weighted by Crippen LogP contribution is -2.49. The van der Waals surface area contributed by atoms with Gasteiger partial charge in [-0.25, -0.2) is 4.79 Å². The van der Waals surface area contributed by atoms with Gasteiger partial charge in [-0.3, -0.25) is 0 Å². The van der Waals surface area contributed by atoms with Crippen LogP contribution in [-0.2, 0) is 23.2 Å². The van der Waals surface area contributed by atoms with Gasteiger partial charge in [0.1, 0.15) is 5.75 Å². The van der Waals surface area contributed by atoms with Crippen LogP contribution < -0.4 is 10.1 Å². The molecule has 0 bridgehead atoms. The molecule has 5 rings (SSSR count). The number of halogens is 3. The number of ether oxygens (including phenoxy) is 1. The molecule has 3 N–H and O–H groups in total. The number of carboxylic acids is 1. The van der Waals surface area contributed by atoms with Gasteiger partial charge in [-0.1, -0.05) is 30.3 Å². The lowest BCUT2D eigenvalue weighted by Gasteiger charge is -2.35. The maximum absolute atomic E-state index is 10.6. The van der Waals surface area contributed by atoms with Crippen molar-refractivity contribution >= 4 is 16.9 Å². The molecule has 1 aromatic heterocycles. The molecule has 0 radical (unpaired) electrons. The predicted molar refractivity (Wildman–Crippen MR) is 128 cm³/mol. The second kappa shape index (κ2) is 10.3. The monoisotopic (exact) mass is 489 g/mol. The van der Waals surface area contributed by atoms with Crippen LogP contribution in [0, 0.1) is 0 Å². The van der Waals surface area contributed by atoms with Gasteiger partial charge in [0.15, 0.2) is 0 Å². The molecular formula is C26H30F3N3O3. The number of benzene rings is 2. The van der Waals surface area contributed by atoms with Gasteiger partial charge in [-0.15, -0.1) is 0 Å². The van der Waals surface area contributed by atoms with Crippen molar-refractivity contribution < 1.29 is 27.8 Å². The molecule has 2 aromatic carbocycles. The normalized spacial score (nSPS) is 19.9.